The number of aromatic nitrogens is 4. The molecule has 4 N–H and O–H groups in total. The Morgan fingerprint density at radius 3 is 2.48 bits per heavy atom. The first-order valence-corrected chi connectivity index (χ1v) is 15.0. The van der Waals surface area contributed by atoms with Crippen molar-refractivity contribution >= 4 is 28.5 Å². The van der Waals surface area contributed by atoms with Crippen molar-refractivity contribution in [2.45, 2.75) is 53.1 Å². The summed E-state index contributed by atoms with van der Waals surface area (Å²) in [5, 5.41) is 16.9. The summed E-state index contributed by atoms with van der Waals surface area (Å²) in [4.78, 5) is 49.5. The number of amides is 2. The zero-order valence-electron chi connectivity index (χ0n) is 25.7. The lowest BCUT2D eigenvalue weighted by atomic mass is 10.0. The van der Waals surface area contributed by atoms with Gasteiger partial charge in [0.25, 0.3) is 11.5 Å². The molecule has 12 heteroatoms. The number of nitrogens with zero attached hydrogens (tertiary/aromatic N) is 5. The average Bonchev–Trinajstić information content (AvgIpc) is 3.45. The number of piperazine rings is 1. The van der Waals surface area contributed by atoms with Crippen LogP contribution < -0.4 is 21.3 Å². The first-order chi connectivity index (χ1) is 21.1. The van der Waals surface area contributed by atoms with Crippen molar-refractivity contribution < 1.29 is 14.8 Å². The lowest BCUT2D eigenvalue weighted by Crippen LogP contribution is -2.47. The normalized spacial score (nSPS) is 13.9. The van der Waals surface area contributed by atoms with Crippen molar-refractivity contribution in [1.29, 1.82) is 0 Å². The van der Waals surface area contributed by atoms with Gasteiger partial charge in [-0.3, -0.25) is 29.2 Å². The quantitative estimate of drug-likeness (QED) is 0.160. The number of carbonyl (C=O) groups is 2. The lowest BCUT2D eigenvalue weighted by molar-refractivity contribution is -0.129. The summed E-state index contributed by atoms with van der Waals surface area (Å²) in [6, 6.07) is 9.93. The Labute approximate surface area is 256 Å². The standard InChI is InChI=1S/C32H40N8O4/c1-20(2)40-28-16-24(15-25(27(28)19-35-40)31(42)34-18-26-21(3)14-22(4)36-32(26)43)23-7-8-29(33-17-23)39-12-10-38(11-13-39)9-5-6-30(41)37-44/h7-8,14-17,19-20,44H,5-6,9-13,18H2,1-4H3,(H,34,42)(H,36,43)(H,37,41). The average molecular weight is 601 g/mol. The minimum Gasteiger partial charge on any atom is -0.354 e. The fourth-order valence-electron chi connectivity index (χ4n) is 5.74. The second-order valence-corrected chi connectivity index (χ2v) is 11.6. The number of aromatic amines is 1. The van der Waals surface area contributed by atoms with Crippen LogP contribution in [0.4, 0.5) is 5.82 Å². The first kappa shape index (κ1) is 30.9. The molecule has 4 aromatic rings. The number of aryl methyl sites for hydroxylation is 2. The van der Waals surface area contributed by atoms with E-state index in [1.807, 2.05) is 68.9 Å². The Kier molecular flexibility index (Phi) is 9.40. The largest absolute Gasteiger partial charge is 0.354 e. The van der Waals surface area contributed by atoms with E-state index in [0.717, 1.165) is 71.8 Å². The summed E-state index contributed by atoms with van der Waals surface area (Å²) in [7, 11) is 0. The van der Waals surface area contributed by atoms with Gasteiger partial charge in [-0.1, -0.05) is 0 Å². The number of carbonyl (C=O) groups excluding carboxylic acids is 2. The third-order valence-electron chi connectivity index (χ3n) is 8.15. The minimum absolute atomic E-state index is 0.0958. The van der Waals surface area contributed by atoms with Crippen molar-refractivity contribution in [3.63, 3.8) is 0 Å². The second-order valence-electron chi connectivity index (χ2n) is 11.6. The molecule has 0 aliphatic carbocycles. The van der Waals surface area contributed by atoms with E-state index in [4.69, 9.17) is 10.2 Å². The van der Waals surface area contributed by atoms with Crippen LogP contribution in [0.5, 0.6) is 0 Å². The fourth-order valence-corrected chi connectivity index (χ4v) is 5.74. The van der Waals surface area contributed by atoms with Crippen LogP contribution in [-0.2, 0) is 11.3 Å². The number of pyridine rings is 2. The predicted molar refractivity (Wildman–Crippen MR) is 169 cm³/mol. The molecule has 4 heterocycles. The monoisotopic (exact) mass is 600 g/mol. The number of hydrogen-bond donors (Lipinski definition) is 4. The smallest absolute Gasteiger partial charge is 0.253 e. The van der Waals surface area contributed by atoms with E-state index in [1.165, 1.54) is 0 Å². The van der Waals surface area contributed by atoms with Gasteiger partial charge in [0.1, 0.15) is 5.82 Å². The third-order valence-corrected chi connectivity index (χ3v) is 8.15. The molecule has 5 rings (SSSR count). The molecule has 3 aromatic heterocycles. The maximum Gasteiger partial charge on any atom is 0.253 e. The van der Waals surface area contributed by atoms with Crippen LogP contribution in [0.2, 0.25) is 0 Å². The van der Waals surface area contributed by atoms with E-state index in [1.54, 1.807) is 11.7 Å². The Balaban J connectivity index is 1.34. The molecule has 0 saturated carbocycles. The van der Waals surface area contributed by atoms with Gasteiger partial charge in [0.2, 0.25) is 5.91 Å². The molecule has 232 valence electrons. The molecule has 44 heavy (non-hydrogen) atoms. The maximum absolute atomic E-state index is 13.6. The highest BCUT2D eigenvalue weighted by atomic mass is 16.5. The summed E-state index contributed by atoms with van der Waals surface area (Å²) in [5.74, 6) is 0.249. The van der Waals surface area contributed by atoms with Crippen LogP contribution in [0.1, 0.15) is 59.9 Å². The van der Waals surface area contributed by atoms with E-state index in [9.17, 15) is 14.4 Å². The lowest BCUT2D eigenvalue weighted by Gasteiger charge is -2.35. The highest BCUT2D eigenvalue weighted by Crippen LogP contribution is 2.30. The summed E-state index contributed by atoms with van der Waals surface area (Å²) < 4.78 is 1.90. The molecule has 0 atom stereocenters. The Hall–Kier alpha value is -4.55. The molecule has 0 radical (unpaired) electrons. The Morgan fingerprint density at radius 2 is 1.82 bits per heavy atom. The van der Waals surface area contributed by atoms with E-state index in [-0.39, 0.29) is 30.0 Å². The van der Waals surface area contributed by atoms with Gasteiger partial charge < -0.3 is 15.2 Å². The van der Waals surface area contributed by atoms with Crippen LogP contribution in [0.3, 0.4) is 0 Å². The molecular formula is C32H40N8O4. The van der Waals surface area contributed by atoms with E-state index in [0.29, 0.717) is 24.0 Å². The number of hydrogen-bond acceptors (Lipinski definition) is 8. The van der Waals surface area contributed by atoms with E-state index >= 15 is 0 Å². The highest BCUT2D eigenvalue weighted by Gasteiger charge is 2.20. The zero-order chi connectivity index (χ0) is 31.4. The van der Waals surface area contributed by atoms with Gasteiger partial charge in [0, 0.05) is 73.6 Å². The van der Waals surface area contributed by atoms with Gasteiger partial charge in [0.05, 0.1) is 17.3 Å². The maximum atomic E-state index is 13.6. The molecule has 1 aliphatic heterocycles. The minimum atomic E-state index is -0.359. The van der Waals surface area contributed by atoms with Crippen LogP contribution in [0.25, 0.3) is 22.0 Å². The fraction of sp³-hybridized carbons (Fsp3) is 0.406. The topological polar surface area (TPSA) is 148 Å². The first-order valence-electron chi connectivity index (χ1n) is 15.0. The number of H-pyrrole nitrogens is 1. The second kappa shape index (κ2) is 13.4. The van der Waals surface area contributed by atoms with E-state index < -0.39 is 0 Å². The molecule has 0 unspecified atom stereocenters. The van der Waals surface area contributed by atoms with Crippen LogP contribution in [-0.4, -0.2) is 74.4 Å². The molecule has 12 nitrogen and oxygen atoms in total. The van der Waals surface area contributed by atoms with Crippen LogP contribution in [0.15, 0.2) is 47.5 Å². The van der Waals surface area contributed by atoms with Gasteiger partial charge in [-0.2, -0.15) is 5.10 Å². The highest BCUT2D eigenvalue weighted by molar-refractivity contribution is 6.08. The number of benzene rings is 1. The summed E-state index contributed by atoms with van der Waals surface area (Å²) >= 11 is 0. The molecule has 1 aromatic carbocycles. The van der Waals surface area contributed by atoms with Gasteiger partial charge in [0.15, 0.2) is 0 Å². The van der Waals surface area contributed by atoms with Crippen LogP contribution in [0, 0.1) is 13.8 Å². The summed E-state index contributed by atoms with van der Waals surface area (Å²) in [5.41, 5.74) is 6.69. The van der Waals surface area contributed by atoms with Crippen molar-refractivity contribution in [2.24, 2.45) is 0 Å². The van der Waals surface area contributed by atoms with Crippen molar-refractivity contribution in [1.82, 2.24) is 35.4 Å². The van der Waals surface area contributed by atoms with E-state index in [2.05, 4.69) is 25.2 Å². The molecule has 0 spiro atoms. The number of hydroxylamine groups is 1. The number of nitrogens with one attached hydrogen (secondary N) is 3. The Morgan fingerprint density at radius 1 is 1.05 bits per heavy atom. The van der Waals surface area contributed by atoms with Gasteiger partial charge >= 0.3 is 0 Å². The molecule has 0 bridgehead atoms. The van der Waals surface area contributed by atoms with Crippen molar-refractivity contribution in [2.75, 3.05) is 37.6 Å². The molecule has 1 saturated heterocycles. The summed E-state index contributed by atoms with van der Waals surface area (Å²) in [6.45, 7) is 12.1. The van der Waals surface area contributed by atoms with Crippen molar-refractivity contribution in [3.05, 3.63) is 75.5 Å². The van der Waals surface area contributed by atoms with Crippen molar-refractivity contribution in [3.8, 4) is 11.1 Å². The molecular weight excluding hydrogens is 560 g/mol. The summed E-state index contributed by atoms with van der Waals surface area (Å²) in [6.07, 6.45) is 4.56. The Bertz CT molecular complexity index is 1700. The molecule has 2 amide bonds. The third kappa shape index (κ3) is 6.81. The molecule has 1 aliphatic rings. The van der Waals surface area contributed by atoms with Crippen LogP contribution >= 0.6 is 0 Å². The SMILES string of the molecule is Cc1cc(C)c(CNC(=O)c2cc(-c3ccc(N4CCN(CCCC(=O)NO)CC4)nc3)cc3c2cnn3C(C)C)c(=O)[nH]1. The van der Waals surface area contributed by atoms with Gasteiger partial charge in [-0.05, 0) is 82.1 Å². The zero-order valence-corrected chi connectivity index (χ0v) is 25.7. The number of fused-ring (bicyclic) bond motifs is 1. The number of rotatable bonds is 10. The van der Waals surface area contributed by atoms with Gasteiger partial charge in [-0.15, -0.1) is 0 Å². The predicted octanol–water partition coefficient (Wildman–Crippen LogP) is 3.32. The number of anilines is 1. The molecule has 1 fully saturated rings. The van der Waals surface area contributed by atoms with Gasteiger partial charge in [-0.25, -0.2) is 10.5 Å².